The molecule has 2 aromatic carbocycles. The van der Waals surface area contributed by atoms with E-state index in [-0.39, 0.29) is 10.6 Å². The van der Waals surface area contributed by atoms with Crippen LogP contribution in [-0.2, 0) is 12.7 Å². The van der Waals surface area contributed by atoms with Gasteiger partial charge in [0.05, 0.1) is 5.56 Å². The molecule has 2 N–H and O–H groups in total. The minimum absolute atomic E-state index is 0.109. The molecule has 0 aliphatic rings. The first kappa shape index (κ1) is 16.7. The molecule has 0 heterocycles. The van der Waals surface area contributed by atoms with Crippen LogP contribution in [0.15, 0.2) is 52.3 Å². The fraction of sp³-hybridized carbons (Fsp3) is 0.250. The lowest BCUT2D eigenvalue weighted by molar-refractivity contribution is -0.139. The maximum absolute atomic E-state index is 13.2. The SMILES string of the molecule is CN(C)Cc1ccccc1Sc1ccc(N)cc1C(F)(F)F. The standard InChI is InChI=1S/C16H17F3N2S/c1-21(2)10-11-5-3-4-6-14(11)22-15-8-7-12(20)9-13(15)16(17,18)19/h3-9H,10,20H2,1-2H3. The predicted octanol–water partition coefficient (Wildman–Crippen LogP) is 4.50. The van der Waals surface area contributed by atoms with Gasteiger partial charge in [-0.05, 0) is 43.9 Å². The van der Waals surface area contributed by atoms with Gasteiger partial charge in [-0.25, -0.2) is 0 Å². The van der Waals surface area contributed by atoms with E-state index >= 15 is 0 Å². The summed E-state index contributed by atoms with van der Waals surface area (Å²) in [7, 11) is 3.84. The Bertz CT molecular complexity index is 654. The summed E-state index contributed by atoms with van der Waals surface area (Å²) >= 11 is 1.12. The van der Waals surface area contributed by atoms with Gasteiger partial charge in [0.25, 0.3) is 0 Å². The molecule has 0 unspecified atom stereocenters. The smallest absolute Gasteiger partial charge is 0.399 e. The van der Waals surface area contributed by atoms with Crippen LogP contribution in [0.4, 0.5) is 18.9 Å². The highest BCUT2D eigenvalue weighted by molar-refractivity contribution is 7.99. The first-order valence-corrected chi connectivity index (χ1v) is 7.46. The zero-order valence-corrected chi connectivity index (χ0v) is 13.1. The molecule has 0 amide bonds. The fourth-order valence-corrected chi connectivity index (χ4v) is 3.12. The predicted molar refractivity (Wildman–Crippen MR) is 83.8 cm³/mol. The van der Waals surface area contributed by atoms with Crippen LogP contribution >= 0.6 is 11.8 Å². The number of halogens is 3. The molecule has 0 saturated heterocycles. The molecule has 2 aromatic rings. The number of nitrogens with two attached hydrogens (primary N) is 1. The zero-order chi connectivity index (χ0) is 16.3. The lowest BCUT2D eigenvalue weighted by atomic mass is 10.2. The number of benzene rings is 2. The average molecular weight is 326 g/mol. The molecule has 22 heavy (non-hydrogen) atoms. The van der Waals surface area contributed by atoms with Gasteiger partial charge >= 0.3 is 6.18 Å². The van der Waals surface area contributed by atoms with Gasteiger partial charge in [-0.3, -0.25) is 0 Å². The van der Waals surface area contributed by atoms with Crippen molar-refractivity contribution in [2.75, 3.05) is 19.8 Å². The first-order chi connectivity index (χ1) is 10.3. The van der Waals surface area contributed by atoms with Crippen molar-refractivity contribution in [3.05, 3.63) is 53.6 Å². The van der Waals surface area contributed by atoms with Crippen LogP contribution in [0.5, 0.6) is 0 Å². The van der Waals surface area contributed by atoms with E-state index in [4.69, 9.17) is 5.73 Å². The minimum atomic E-state index is -4.42. The molecule has 118 valence electrons. The quantitative estimate of drug-likeness (QED) is 0.839. The Hall–Kier alpha value is -1.66. The van der Waals surface area contributed by atoms with Crippen molar-refractivity contribution in [2.24, 2.45) is 0 Å². The van der Waals surface area contributed by atoms with Gasteiger partial charge in [0.1, 0.15) is 0 Å². The van der Waals surface area contributed by atoms with Crippen molar-refractivity contribution < 1.29 is 13.2 Å². The summed E-state index contributed by atoms with van der Waals surface area (Å²) in [5.74, 6) is 0. The molecule has 0 atom stereocenters. The van der Waals surface area contributed by atoms with Crippen molar-refractivity contribution in [1.29, 1.82) is 0 Å². The summed E-state index contributed by atoms with van der Waals surface area (Å²) in [5.41, 5.74) is 5.90. The molecular formula is C16H17F3N2S. The van der Waals surface area contributed by atoms with Gasteiger partial charge in [0, 0.05) is 22.0 Å². The second-order valence-corrected chi connectivity index (χ2v) is 6.28. The van der Waals surface area contributed by atoms with E-state index in [2.05, 4.69) is 0 Å². The van der Waals surface area contributed by atoms with Crippen LogP contribution in [0.1, 0.15) is 11.1 Å². The molecule has 0 spiro atoms. The fourth-order valence-electron chi connectivity index (χ4n) is 2.05. The van der Waals surface area contributed by atoms with Crippen molar-refractivity contribution in [1.82, 2.24) is 4.90 Å². The van der Waals surface area contributed by atoms with Crippen LogP contribution < -0.4 is 5.73 Å². The average Bonchev–Trinajstić information content (AvgIpc) is 2.41. The van der Waals surface area contributed by atoms with Gasteiger partial charge < -0.3 is 10.6 Å². The van der Waals surface area contributed by atoms with E-state index in [1.807, 2.05) is 43.3 Å². The van der Waals surface area contributed by atoms with E-state index in [1.54, 1.807) is 0 Å². The molecule has 2 nitrogen and oxygen atoms in total. The van der Waals surface area contributed by atoms with Gasteiger partial charge in [-0.1, -0.05) is 30.0 Å². The van der Waals surface area contributed by atoms with Crippen LogP contribution in [-0.4, -0.2) is 19.0 Å². The Morgan fingerprint density at radius 1 is 1.05 bits per heavy atom. The van der Waals surface area contributed by atoms with E-state index in [1.165, 1.54) is 12.1 Å². The van der Waals surface area contributed by atoms with Gasteiger partial charge in [-0.2, -0.15) is 13.2 Å². The summed E-state index contributed by atoms with van der Waals surface area (Å²) in [5, 5.41) is 0. The van der Waals surface area contributed by atoms with E-state index in [0.717, 1.165) is 28.3 Å². The van der Waals surface area contributed by atoms with Gasteiger partial charge in [0.15, 0.2) is 0 Å². The van der Waals surface area contributed by atoms with E-state index in [9.17, 15) is 13.2 Å². The third kappa shape index (κ3) is 4.18. The lowest BCUT2D eigenvalue weighted by Crippen LogP contribution is -2.11. The Balaban J connectivity index is 2.40. The van der Waals surface area contributed by atoms with Crippen LogP contribution in [0, 0.1) is 0 Å². The molecule has 0 fully saturated rings. The monoisotopic (exact) mass is 326 g/mol. The summed E-state index contributed by atoms with van der Waals surface area (Å²) in [6.07, 6.45) is -4.42. The Morgan fingerprint density at radius 3 is 2.36 bits per heavy atom. The molecule has 0 saturated carbocycles. The lowest BCUT2D eigenvalue weighted by Gasteiger charge is -2.16. The largest absolute Gasteiger partial charge is 0.417 e. The molecule has 0 aromatic heterocycles. The number of anilines is 1. The topological polar surface area (TPSA) is 29.3 Å². The van der Waals surface area contributed by atoms with Crippen molar-refractivity contribution in [2.45, 2.75) is 22.5 Å². The van der Waals surface area contributed by atoms with Gasteiger partial charge in [0.2, 0.25) is 0 Å². The minimum Gasteiger partial charge on any atom is -0.399 e. The Labute approximate surface area is 132 Å². The maximum Gasteiger partial charge on any atom is 0.417 e. The molecule has 0 aliphatic carbocycles. The molecule has 0 aliphatic heterocycles. The summed E-state index contributed by atoms with van der Waals surface area (Å²) in [6.45, 7) is 0.666. The normalized spacial score (nSPS) is 11.9. The highest BCUT2D eigenvalue weighted by Gasteiger charge is 2.34. The Morgan fingerprint density at radius 2 is 1.73 bits per heavy atom. The number of nitrogens with zero attached hydrogens (tertiary/aromatic N) is 1. The van der Waals surface area contributed by atoms with Crippen LogP contribution in [0.2, 0.25) is 0 Å². The third-order valence-electron chi connectivity index (χ3n) is 2.99. The maximum atomic E-state index is 13.2. The molecule has 6 heteroatoms. The van der Waals surface area contributed by atoms with Crippen LogP contribution in [0.3, 0.4) is 0 Å². The van der Waals surface area contributed by atoms with Crippen LogP contribution in [0.25, 0.3) is 0 Å². The Kier molecular flexibility index (Phi) is 5.03. The highest BCUT2D eigenvalue weighted by Crippen LogP contribution is 2.41. The summed E-state index contributed by atoms with van der Waals surface area (Å²) in [6, 6.07) is 11.4. The highest BCUT2D eigenvalue weighted by atomic mass is 32.2. The second-order valence-electron chi connectivity index (χ2n) is 5.20. The first-order valence-electron chi connectivity index (χ1n) is 6.64. The van der Waals surface area contributed by atoms with E-state index in [0.29, 0.717) is 6.54 Å². The molecular weight excluding hydrogens is 309 g/mol. The van der Waals surface area contributed by atoms with E-state index < -0.39 is 11.7 Å². The molecule has 0 radical (unpaired) electrons. The number of alkyl halides is 3. The second kappa shape index (κ2) is 6.62. The number of hydrogen-bond donors (Lipinski definition) is 1. The number of hydrogen-bond acceptors (Lipinski definition) is 3. The summed E-state index contributed by atoms with van der Waals surface area (Å²) < 4.78 is 39.5. The number of nitrogen functional groups attached to an aromatic ring is 1. The van der Waals surface area contributed by atoms with Crippen molar-refractivity contribution in [3.8, 4) is 0 Å². The third-order valence-corrected chi connectivity index (χ3v) is 4.18. The molecule has 2 rings (SSSR count). The van der Waals surface area contributed by atoms with Crippen molar-refractivity contribution >= 4 is 17.4 Å². The molecule has 0 bridgehead atoms. The van der Waals surface area contributed by atoms with Crippen molar-refractivity contribution in [3.63, 3.8) is 0 Å². The van der Waals surface area contributed by atoms with Gasteiger partial charge in [-0.15, -0.1) is 0 Å². The zero-order valence-electron chi connectivity index (χ0n) is 12.3. The summed E-state index contributed by atoms with van der Waals surface area (Å²) in [4.78, 5) is 2.95. The number of rotatable bonds is 4.